The molecule has 5 heteroatoms. The van der Waals surface area contributed by atoms with Crippen LogP contribution in [0.1, 0.15) is 34.3 Å². The van der Waals surface area contributed by atoms with Crippen LogP contribution in [0.4, 0.5) is 0 Å². The monoisotopic (exact) mass is 364 g/mol. The highest BCUT2D eigenvalue weighted by atomic mass is 32.2. The van der Waals surface area contributed by atoms with E-state index in [0.717, 1.165) is 18.4 Å². The van der Waals surface area contributed by atoms with Gasteiger partial charge in [0.1, 0.15) is 0 Å². The number of ketones is 1. The molecular weight excluding hydrogens is 344 g/mol. The van der Waals surface area contributed by atoms with Crippen LogP contribution >= 0.6 is 11.8 Å². The van der Waals surface area contributed by atoms with Crippen LogP contribution in [0.3, 0.4) is 0 Å². The molecule has 0 N–H and O–H groups in total. The number of carbonyl (C=O) groups excluding carboxylic acids is 1. The second-order valence-electron chi connectivity index (χ2n) is 6.68. The van der Waals surface area contributed by atoms with Crippen molar-refractivity contribution in [3.05, 3.63) is 69.5 Å². The molecule has 0 spiro atoms. The molecule has 4 rings (SSSR count). The van der Waals surface area contributed by atoms with E-state index < -0.39 is 0 Å². The molecule has 132 valence electrons. The lowest BCUT2D eigenvalue weighted by atomic mass is 9.90. The first-order valence-electron chi connectivity index (χ1n) is 8.87. The summed E-state index contributed by atoms with van der Waals surface area (Å²) in [6, 6.07) is 13.4. The molecule has 0 saturated carbocycles. The molecule has 1 aromatic heterocycles. The Morgan fingerprint density at radius 3 is 2.73 bits per heavy atom. The fourth-order valence-electron chi connectivity index (χ4n) is 3.45. The number of benzene rings is 2. The van der Waals surface area contributed by atoms with Crippen molar-refractivity contribution in [1.29, 1.82) is 0 Å². The first-order valence-corrected chi connectivity index (χ1v) is 9.85. The standard InChI is InChI=1S/C21H20N2O2S/c1-23-20(25)17-8-4-5-9-18(17)22-21(23)26-13-19(24)16-11-10-14-6-2-3-7-15(14)12-16/h4-5,8-12H,2-3,6-7,13H2,1H3. The van der Waals surface area contributed by atoms with E-state index in [1.54, 1.807) is 13.1 Å². The van der Waals surface area contributed by atoms with E-state index in [9.17, 15) is 9.59 Å². The van der Waals surface area contributed by atoms with Gasteiger partial charge in [0.15, 0.2) is 10.9 Å². The molecular formula is C21H20N2O2S. The summed E-state index contributed by atoms with van der Waals surface area (Å²) in [6.07, 6.45) is 4.60. The third kappa shape index (κ3) is 3.19. The molecule has 0 amide bonds. The van der Waals surface area contributed by atoms with Gasteiger partial charge in [0, 0.05) is 12.6 Å². The fourth-order valence-corrected chi connectivity index (χ4v) is 4.31. The summed E-state index contributed by atoms with van der Waals surface area (Å²) >= 11 is 1.32. The number of Topliss-reactive ketones (excluding diaryl/α,β-unsaturated/α-hetero) is 1. The van der Waals surface area contributed by atoms with Crippen molar-refractivity contribution in [2.24, 2.45) is 7.05 Å². The van der Waals surface area contributed by atoms with Crippen LogP contribution in [-0.2, 0) is 19.9 Å². The zero-order chi connectivity index (χ0) is 18.1. The van der Waals surface area contributed by atoms with Crippen LogP contribution in [0.2, 0.25) is 0 Å². The number of thioether (sulfide) groups is 1. The number of para-hydroxylation sites is 1. The minimum absolute atomic E-state index is 0.0748. The Kier molecular flexibility index (Phi) is 4.64. The van der Waals surface area contributed by atoms with Crippen molar-refractivity contribution in [2.75, 3.05) is 5.75 Å². The zero-order valence-corrected chi connectivity index (χ0v) is 15.5. The maximum Gasteiger partial charge on any atom is 0.261 e. The molecule has 1 heterocycles. The Bertz CT molecular complexity index is 1060. The first kappa shape index (κ1) is 17.0. The smallest absolute Gasteiger partial charge is 0.261 e. The summed E-state index contributed by atoms with van der Waals surface area (Å²) in [5.74, 6) is 0.350. The minimum Gasteiger partial charge on any atom is -0.293 e. The number of rotatable bonds is 4. The molecule has 0 aliphatic heterocycles. The van der Waals surface area contributed by atoms with Crippen molar-refractivity contribution < 1.29 is 4.79 Å². The normalized spacial score (nSPS) is 13.6. The van der Waals surface area contributed by atoms with Crippen molar-refractivity contribution in [1.82, 2.24) is 9.55 Å². The van der Waals surface area contributed by atoms with E-state index in [1.165, 1.54) is 40.3 Å². The summed E-state index contributed by atoms with van der Waals surface area (Å²) < 4.78 is 1.52. The average molecular weight is 364 g/mol. The van der Waals surface area contributed by atoms with Gasteiger partial charge in [0.05, 0.1) is 16.7 Å². The van der Waals surface area contributed by atoms with Gasteiger partial charge in [-0.1, -0.05) is 36.0 Å². The highest BCUT2D eigenvalue weighted by Crippen LogP contribution is 2.24. The lowest BCUT2D eigenvalue weighted by Gasteiger charge is -2.16. The molecule has 0 atom stereocenters. The number of hydrogen-bond acceptors (Lipinski definition) is 4. The second-order valence-corrected chi connectivity index (χ2v) is 7.62. The third-order valence-corrected chi connectivity index (χ3v) is 5.97. The Balaban J connectivity index is 1.55. The van der Waals surface area contributed by atoms with Gasteiger partial charge in [-0.05, 0) is 55.0 Å². The van der Waals surface area contributed by atoms with Gasteiger partial charge < -0.3 is 0 Å². The summed E-state index contributed by atoms with van der Waals surface area (Å²) in [7, 11) is 1.70. The molecule has 0 radical (unpaired) electrons. The average Bonchev–Trinajstić information content (AvgIpc) is 2.69. The minimum atomic E-state index is -0.0840. The van der Waals surface area contributed by atoms with Crippen LogP contribution in [-0.4, -0.2) is 21.1 Å². The molecule has 4 nitrogen and oxygen atoms in total. The van der Waals surface area contributed by atoms with Crippen molar-refractivity contribution >= 4 is 28.4 Å². The Hall–Kier alpha value is -2.40. The number of nitrogens with zero attached hydrogens (tertiary/aromatic N) is 2. The number of aromatic nitrogens is 2. The van der Waals surface area contributed by atoms with E-state index in [2.05, 4.69) is 11.1 Å². The fraction of sp³-hybridized carbons (Fsp3) is 0.286. The van der Waals surface area contributed by atoms with Gasteiger partial charge in [-0.3, -0.25) is 14.2 Å². The molecule has 1 aliphatic carbocycles. The predicted molar refractivity (Wildman–Crippen MR) is 105 cm³/mol. The number of hydrogen-bond donors (Lipinski definition) is 0. The molecule has 26 heavy (non-hydrogen) atoms. The Morgan fingerprint density at radius 1 is 1.12 bits per heavy atom. The molecule has 0 unspecified atom stereocenters. The number of carbonyl (C=O) groups is 1. The Morgan fingerprint density at radius 2 is 1.88 bits per heavy atom. The largest absolute Gasteiger partial charge is 0.293 e. The predicted octanol–water partition coefficient (Wildman–Crippen LogP) is 3.79. The highest BCUT2D eigenvalue weighted by Gasteiger charge is 2.15. The molecule has 1 aliphatic rings. The van der Waals surface area contributed by atoms with Gasteiger partial charge in [-0.15, -0.1) is 0 Å². The second kappa shape index (κ2) is 7.08. The molecule has 3 aromatic rings. The number of aryl methyl sites for hydroxylation is 2. The van der Waals surface area contributed by atoms with Crippen LogP contribution in [0, 0.1) is 0 Å². The van der Waals surface area contributed by atoms with Gasteiger partial charge in [-0.25, -0.2) is 4.98 Å². The van der Waals surface area contributed by atoms with E-state index in [-0.39, 0.29) is 17.1 Å². The lowest BCUT2D eigenvalue weighted by Crippen LogP contribution is -2.20. The summed E-state index contributed by atoms with van der Waals surface area (Å²) in [6.45, 7) is 0. The molecule has 0 saturated heterocycles. The third-order valence-electron chi connectivity index (χ3n) is 4.94. The number of fused-ring (bicyclic) bond motifs is 2. The van der Waals surface area contributed by atoms with Crippen LogP contribution < -0.4 is 5.56 Å². The first-order chi connectivity index (χ1) is 12.6. The quantitative estimate of drug-likeness (QED) is 0.402. The maximum absolute atomic E-state index is 12.6. The van der Waals surface area contributed by atoms with Crippen LogP contribution in [0.5, 0.6) is 0 Å². The van der Waals surface area contributed by atoms with E-state index in [1.807, 2.05) is 30.3 Å². The maximum atomic E-state index is 12.6. The van der Waals surface area contributed by atoms with E-state index >= 15 is 0 Å². The zero-order valence-electron chi connectivity index (χ0n) is 14.7. The van der Waals surface area contributed by atoms with Crippen LogP contribution in [0.15, 0.2) is 52.4 Å². The van der Waals surface area contributed by atoms with Crippen molar-refractivity contribution in [3.63, 3.8) is 0 Å². The molecule has 0 bridgehead atoms. The van der Waals surface area contributed by atoms with E-state index in [0.29, 0.717) is 16.1 Å². The molecule has 0 fully saturated rings. The van der Waals surface area contributed by atoms with Gasteiger partial charge in [0.2, 0.25) is 0 Å². The highest BCUT2D eigenvalue weighted by molar-refractivity contribution is 7.99. The van der Waals surface area contributed by atoms with E-state index in [4.69, 9.17) is 0 Å². The van der Waals surface area contributed by atoms with Gasteiger partial charge in [-0.2, -0.15) is 0 Å². The molecule has 2 aromatic carbocycles. The summed E-state index contributed by atoms with van der Waals surface area (Å²) in [5.41, 5.74) is 4.02. The SMILES string of the molecule is Cn1c(SCC(=O)c2ccc3c(c2)CCCC3)nc2ccccc2c1=O. The summed E-state index contributed by atoms with van der Waals surface area (Å²) in [4.78, 5) is 29.6. The van der Waals surface area contributed by atoms with Crippen molar-refractivity contribution in [2.45, 2.75) is 30.8 Å². The van der Waals surface area contributed by atoms with Crippen LogP contribution in [0.25, 0.3) is 10.9 Å². The Labute approximate surface area is 156 Å². The van der Waals surface area contributed by atoms with Crippen molar-refractivity contribution in [3.8, 4) is 0 Å². The lowest BCUT2D eigenvalue weighted by molar-refractivity contribution is 0.102. The summed E-state index contributed by atoms with van der Waals surface area (Å²) in [5, 5.41) is 1.17. The van der Waals surface area contributed by atoms with Gasteiger partial charge >= 0.3 is 0 Å². The topological polar surface area (TPSA) is 52.0 Å². The van der Waals surface area contributed by atoms with Gasteiger partial charge in [0.25, 0.3) is 5.56 Å².